The van der Waals surface area contributed by atoms with Crippen LogP contribution in [0.3, 0.4) is 0 Å². The molecule has 1 fully saturated rings. The fourth-order valence-corrected chi connectivity index (χ4v) is 3.02. The molecule has 1 aromatic rings. The summed E-state index contributed by atoms with van der Waals surface area (Å²) in [7, 11) is 1.38. The van der Waals surface area contributed by atoms with E-state index in [1.165, 1.54) is 13.5 Å². The Balaban J connectivity index is 2.17. The molecule has 120 valence electrons. The van der Waals surface area contributed by atoms with E-state index in [4.69, 9.17) is 4.74 Å². The van der Waals surface area contributed by atoms with Crippen molar-refractivity contribution in [1.82, 2.24) is 9.88 Å². The second kappa shape index (κ2) is 7.92. The highest BCUT2D eigenvalue weighted by molar-refractivity contribution is 5.94. The molecule has 1 aliphatic carbocycles. The Labute approximate surface area is 131 Å². The van der Waals surface area contributed by atoms with Gasteiger partial charge in [-0.25, -0.2) is 0 Å². The van der Waals surface area contributed by atoms with Gasteiger partial charge in [-0.1, -0.05) is 26.2 Å². The van der Waals surface area contributed by atoms with Crippen molar-refractivity contribution < 1.29 is 14.3 Å². The Morgan fingerprint density at radius 1 is 1.27 bits per heavy atom. The summed E-state index contributed by atoms with van der Waals surface area (Å²) >= 11 is 0. The molecule has 5 nitrogen and oxygen atoms in total. The number of methoxy groups -OCH3 is 1. The lowest BCUT2D eigenvalue weighted by Gasteiger charge is -2.35. The number of ether oxygens (including phenoxy) is 1. The van der Waals surface area contributed by atoms with Gasteiger partial charge in [0.15, 0.2) is 0 Å². The fourth-order valence-electron chi connectivity index (χ4n) is 3.02. The van der Waals surface area contributed by atoms with Gasteiger partial charge in [-0.3, -0.25) is 14.6 Å². The van der Waals surface area contributed by atoms with E-state index < -0.39 is 0 Å². The van der Waals surface area contributed by atoms with Gasteiger partial charge >= 0.3 is 5.97 Å². The van der Waals surface area contributed by atoms with Gasteiger partial charge in [0.1, 0.15) is 0 Å². The van der Waals surface area contributed by atoms with Crippen molar-refractivity contribution in [2.45, 2.75) is 45.1 Å². The first kappa shape index (κ1) is 16.5. The normalized spacial score (nSPS) is 16.8. The molecule has 1 unspecified atom stereocenters. The van der Waals surface area contributed by atoms with Gasteiger partial charge in [-0.15, -0.1) is 0 Å². The molecule has 22 heavy (non-hydrogen) atoms. The molecule has 1 atom stereocenters. The molecule has 0 bridgehead atoms. The first-order valence-corrected chi connectivity index (χ1v) is 7.92. The van der Waals surface area contributed by atoms with Crippen molar-refractivity contribution in [2.24, 2.45) is 5.92 Å². The number of amides is 1. The quantitative estimate of drug-likeness (QED) is 0.785. The number of pyridine rings is 1. The third-order valence-electron chi connectivity index (χ3n) is 4.28. The number of esters is 1. The summed E-state index contributed by atoms with van der Waals surface area (Å²) < 4.78 is 4.80. The van der Waals surface area contributed by atoms with E-state index in [2.05, 4.69) is 4.98 Å². The third kappa shape index (κ3) is 4.06. The lowest BCUT2D eigenvalue weighted by molar-refractivity contribution is -0.145. The summed E-state index contributed by atoms with van der Waals surface area (Å²) in [6.45, 7) is 2.21. The minimum Gasteiger partial charge on any atom is -0.469 e. The molecule has 1 aromatic heterocycles. The SMILES string of the molecule is COC(=O)C(C)CN(C(=O)c1ccncc1)C1CCCCC1. The molecule has 1 saturated carbocycles. The molecule has 0 saturated heterocycles. The van der Waals surface area contributed by atoms with Gasteiger partial charge in [0.05, 0.1) is 13.0 Å². The number of carbonyl (C=O) groups is 2. The van der Waals surface area contributed by atoms with Gasteiger partial charge in [-0.2, -0.15) is 0 Å². The average molecular weight is 304 g/mol. The van der Waals surface area contributed by atoms with Crippen LogP contribution in [0.5, 0.6) is 0 Å². The number of rotatable bonds is 5. The van der Waals surface area contributed by atoms with Gasteiger partial charge in [0, 0.05) is 30.5 Å². The minimum atomic E-state index is -0.322. The highest BCUT2D eigenvalue weighted by Crippen LogP contribution is 2.25. The van der Waals surface area contributed by atoms with Crippen LogP contribution in [-0.4, -0.2) is 41.5 Å². The van der Waals surface area contributed by atoms with Crippen LogP contribution in [0.15, 0.2) is 24.5 Å². The predicted molar refractivity (Wildman–Crippen MR) is 83.3 cm³/mol. The number of aromatic nitrogens is 1. The van der Waals surface area contributed by atoms with Crippen LogP contribution in [0.25, 0.3) is 0 Å². The largest absolute Gasteiger partial charge is 0.469 e. The summed E-state index contributed by atoms with van der Waals surface area (Å²) in [5.41, 5.74) is 0.623. The Kier molecular flexibility index (Phi) is 5.92. The molecule has 2 rings (SSSR count). The topological polar surface area (TPSA) is 59.5 Å². The fraction of sp³-hybridized carbons (Fsp3) is 0.588. The van der Waals surface area contributed by atoms with Crippen LogP contribution in [0.2, 0.25) is 0 Å². The molecule has 0 spiro atoms. The van der Waals surface area contributed by atoms with Gasteiger partial charge < -0.3 is 9.64 Å². The molecule has 1 heterocycles. The Morgan fingerprint density at radius 3 is 2.50 bits per heavy atom. The summed E-state index contributed by atoms with van der Waals surface area (Å²) in [6, 6.07) is 3.66. The van der Waals surface area contributed by atoms with E-state index >= 15 is 0 Å². The molecule has 1 amide bonds. The number of nitrogens with zero attached hydrogens (tertiary/aromatic N) is 2. The maximum absolute atomic E-state index is 12.8. The van der Waals surface area contributed by atoms with E-state index in [0.29, 0.717) is 12.1 Å². The Bertz CT molecular complexity index is 498. The molecule has 0 radical (unpaired) electrons. The second-order valence-corrected chi connectivity index (χ2v) is 5.91. The Hall–Kier alpha value is -1.91. The average Bonchev–Trinajstić information content (AvgIpc) is 2.59. The summed E-state index contributed by atoms with van der Waals surface area (Å²) in [4.78, 5) is 30.4. The predicted octanol–water partition coefficient (Wildman–Crippen LogP) is 2.67. The second-order valence-electron chi connectivity index (χ2n) is 5.91. The van der Waals surface area contributed by atoms with Crippen molar-refractivity contribution in [3.63, 3.8) is 0 Å². The van der Waals surface area contributed by atoms with E-state index in [9.17, 15) is 9.59 Å². The smallest absolute Gasteiger partial charge is 0.310 e. The molecule has 5 heteroatoms. The molecular formula is C17H24N2O3. The van der Waals surface area contributed by atoms with Crippen LogP contribution in [0, 0.1) is 5.92 Å². The molecule has 0 aliphatic heterocycles. The molecule has 0 aromatic carbocycles. The lowest BCUT2D eigenvalue weighted by Crippen LogP contribution is -2.45. The van der Waals surface area contributed by atoms with Gasteiger partial charge in [-0.05, 0) is 25.0 Å². The van der Waals surface area contributed by atoms with Crippen LogP contribution < -0.4 is 0 Å². The molecular weight excluding hydrogens is 280 g/mol. The first-order valence-electron chi connectivity index (χ1n) is 7.92. The van der Waals surface area contributed by atoms with Crippen LogP contribution >= 0.6 is 0 Å². The lowest BCUT2D eigenvalue weighted by atomic mass is 9.93. The van der Waals surface area contributed by atoms with Crippen LogP contribution in [-0.2, 0) is 9.53 Å². The summed E-state index contributed by atoms with van der Waals surface area (Å²) in [5.74, 6) is -0.619. The molecule has 0 N–H and O–H groups in total. The monoisotopic (exact) mass is 304 g/mol. The zero-order valence-electron chi connectivity index (χ0n) is 13.3. The van der Waals surface area contributed by atoms with Crippen LogP contribution in [0.4, 0.5) is 0 Å². The van der Waals surface area contributed by atoms with E-state index in [1.54, 1.807) is 24.5 Å². The van der Waals surface area contributed by atoms with Crippen molar-refractivity contribution in [1.29, 1.82) is 0 Å². The van der Waals surface area contributed by atoms with E-state index in [1.807, 2.05) is 11.8 Å². The first-order chi connectivity index (χ1) is 10.6. The highest BCUT2D eigenvalue weighted by atomic mass is 16.5. The third-order valence-corrected chi connectivity index (χ3v) is 4.28. The maximum atomic E-state index is 12.8. The maximum Gasteiger partial charge on any atom is 0.310 e. The summed E-state index contributed by atoms with van der Waals surface area (Å²) in [5, 5.41) is 0. The number of hydrogen-bond acceptors (Lipinski definition) is 4. The van der Waals surface area contributed by atoms with Crippen molar-refractivity contribution in [2.75, 3.05) is 13.7 Å². The van der Waals surface area contributed by atoms with Crippen molar-refractivity contribution in [3.8, 4) is 0 Å². The number of carbonyl (C=O) groups excluding carboxylic acids is 2. The zero-order valence-corrected chi connectivity index (χ0v) is 13.3. The van der Waals surface area contributed by atoms with Crippen molar-refractivity contribution in [3.05, 3.63) is 30.1 Å². The van der Waals surface area contributed by atoms with E-state index in [0.717, 1.165) is 25.7 Å². The zero-order chi connectivity index (χ0) is 15.9. The van der Waals surface area contributed by atoms with Gasteiger partial charge in [0.25, 0.3) is 5.91 Å². The van der Waals surface area contributed by atoms with Gasteiger partial charge in [0.2, 0.25) is 0 Å². The highest BCUT2D eigenvalue weighted by Gasteiger charge is 2.29. The van der Waals surface area contributed by atoms with Crippen molar-refractivity contribution >= 4 is 11.9 Å². The minimum absolute atomic E-state index is 0.0231. The standard InChI is InChI=1S/C17H24N2O3/c1-13(17(21)22-2)12-19(15-6-4-3-5-7-15)16(20)14-8-10-18-11-9-14/h8-11,13,15H,3-7,12H2,1-2H3. The Morgan fingerprint density at radius 2 is 1.91 bits per heavy atom. The number of hydrogen-bond donors (Lipinski definition) is 0. The van der Waals surface area contributed by atoms with E-state index in [-0.39, 0.29) is 23.8 Å². The summed E-state index contributed by atoms with van der Waals surface area (Å²) in [6.07, 6.45) is 8.75. The van der Waals surface area contributed by atoms with Crippen LogP contribution in [0.1, 0.15) is 49.4 Å². The molecule has 1 aliphatic rings.